The van der Waals surface area contributed by atoms with Crippen LogP contribution in [0.3, 0.4) is 0 Å². The van der Waals surface area contributed by atoms with Crippen LogP contribution in [0.25, 0.3) is 11.5 Å². The number of nitrogens with one attached hydrogen (secondary N) is 1. The molecule has 2 aliphatic rings. The maximum absolute atomic E-state index is 4.90. The van der Waals surface area contributed by atoms with Crippen molar-refractivity contribution >= 4 is 15.9 Å². The predicted molar refractivity (Wildman–Crippen MR) is 85.0 cm³/mol. The third-order valence-electron chi connectivity index (χ3n) is 4.43. The smallest absolute Gasteiger partial charge is 0.179 e. The third kappa shape index (κ3) is 2.38. The van der Waals surface area contributed by atoms with Crippen molar-refractivity contribution in [2.45, 2.75) is 38.1 Å². The van der Waals surface area contributed by atoms with E-state index in [2.05, 4.69) is 26.2 Å². The summed E-state index contributed by atoms with van der Waals surface area (Å²) in [6, 6.07) is 3.92. The van der Waals surface area contributed by atoms with E-state index in [0.717, 1.165) is 35.5 Å². The van der Waals surface area contributed by atoms with Gasteiger partial charge in [-0.25, -0.2) is 9.97 Å². The first-order valence-electron chi connectivity index (χ1n) is 7.54. The Hall–Kier alpha value is -1.33. The number of rotatable bonds is 2. The summed E-state index contributed by atoms with van der Waals surface area (Å²) < 4.78 is 0.957. The van der Waals surface area contributed by atoms with Crippen LogP contribution in [0.5, 0.6) is 0 Å². The van der Waals surface area contributed by atoms with Gasteiger partial charge in [0.05, 0.1) is 11.4 Å². The predicted octanol–water partition coefficient (Wildman–Crippen LogP) is 3.21. The highest BCUT2D eigenvalue weighted by molar-refractivity contribution is 9.10. The molecule has 0 spiro atoms. The molecule has 5 heteroatoms. The normalized spacial score (nSPS) is 18.1. The minimum absolute atomic E-state index is 0.614. The number of fused-ring (bicyclic) bond motifs is 1. The molecule has 1 saturated carbocycles. The SMILES string of the molecule is Brc1cccnc1-c1nc2c(c(C3CCC3)n1)CNCC2. The summed E-state index contributed by atoms with van der Waals surface area (Å²) in [5.74, 6) is 1.38. The highest BCUT2D eigenvalue weighted by Gasteiger charge is 2.28. The summed E-state index contributed by atoms with van der Waals surface area (Å²) >= 11 is 3.57. The standard InChI is InChI=1S/C16H17BrN4/c17-12-5-2-7-19-15(12)16-20-13-6-8-18-9-11(13)14(21-16)10-3-1-4-10/h2,5,7,10,18H,1,3-4,6,8-9H2. The van der Waals surface area contributed by atoms with Gasteiger partial charge in [0, 0.05) is 41.7 Å². The van der Waals surface area contributed by atoms with Gasteiger partial charge in [-0.3, -0.25) is 4.98 Å². The fraction of sp³-hybridized carbons (Fsp3) is 0.438. The largest absolute Gasteiger partial charge is 0.312 e. The zero-order valence-electron chi connectivity index (χ0n) is 11.8. The molecule has 1 fully saturated rings. The number of nitrogens with zero attached hydrogens (tertiary/aromatic N) is 3. The first-order valence-corrected chi connectivity index (χ1v) is 8.33. The van der Waals surface area contributed by atoms with Crippen molar-refractivity contribution in [1.29, 1.82) is 0 Å². The summed E-state index contributed by atoms with van der Waals surface area (Å²) in [5.41, 5.74) is 4.64. The molecule has 0 radical (unpaired) electrons. The van der Waals surface area contributed by atoms with E-state index in [1.807, 2.05) is 12.1 Å². The van der Waals surface area contributed by atoms with Crippen molar-refractivity contribution in [3.63, 3.8) is 0 Å². The highest BCUT2D eigenvalue weighted by atomic mass is 79.9. The lowest BCUT2D eigenvalue weighted by Gasteiger charge is -2.29. The number of hydrogen-bond acceptors (Lipinski definition) is 4. The van der Waals surface area contributed by atoms with Gasteiger partial charge in [0.15, 0.2) is 5.82 Å². The summed E-state index contributed by atoms with van der Waals surface area (Å²) in [6.07, 6.45) is 6.61. The molecule has 0 atom stereocenters. The van der Waals surface area contributed by atoms with Crippen LogP contribution < -0.4 is 5.32 Å². The molecular formula is C16H17BrN4. The monoisotopic (exact) mass is 344 g/mol. The molecule has 1 N–H and O–H groups in total. The van der Waals surface area contributed by atoms with Gasteiger partial charge < -0.3 is 5.32 Å². The molecule has 2 aromatic rings. The Balaban J connectivity index is 1.86. The number of pyridine rings is 1. The van der Waals surface area contributed by atoms with Crippen LogP contribution in [0.1, 0.15) is 42.1 Å². The van der Waals surface area contributed by atoms with Crippen molar-refractivity contribution < 1.29 is 0 Å². The van der Waals surface area contributed by atoms with Gasteiger partial charge in [-0.1, -0.05) is 6.42 Å². The summed E-state index contributed by atoms with van der Waals surface area (Å²) in [6.45, 7) is 1.90. The van der Waals surface area contributed by atoms with E-state index in [0.29, 0.717) is 5.92 Å². The van der Waals surface area contributed by atoms with Gasteiger partial charge in [-0.15, -0.1) is 0 Å². The Labute approximate surface area is 132 Å². The first kappa shape index (κ1) is 13.3. The zero-order chi connectivity index (χ0) is 14.2. The van der Waals surface area contributed by atoms with Gasteiger partial charge in [-0.05, 0) is 40.9 Å². The number of halogens is 1. The molecule has 1 aliphatic heterocycles. The summed E-state index contributed by atoms with van der Waals surface area (Å²) in [7, 11) is 0. The first-order chi connectivity index (χ1) is 10.3. The quantitative estimate of drug-likeness (QED) is 0.908. The van der Waals surface area contributed by atoms with Crippen molar-refractivity contribution in [3.05, 3.63) is 39.8 Å². The van der Waals surface area contributed by atoms with Crippen molar-refractivity contribution in [1.82, 2.24) is 20.3 Å². The van der Waals surface area contributed by atoms with E-state index in [1.165, 1.54) is 36.2 Å². The zero-order valence-corrected chi connectivity index (χ0v) is 13.4. The number of hydrogen-bond donors (Lipinski definition) is 1. The molecule has 1 aliphatic carbocycles. The number of aromatic nitrogens is 3. The minimum atomic E-state index is 0.614. The molecule has 3 heterocycles. The second kappa shape index (κ2) is 5.46. The molecule has 108 valence electrons. The van der Waals surface area contributed by atoms with Crippen molar-refractivity contribution in [2.75, 3.05) is 6.54 Å². The summed E-state index contributed by atoms with van der Waals surface area (Å²) in [5, 5.41) is 3.45. The molecule has 2 aromatic heterocycles. The molecule has 4 rings (SSSR count). The van der Waals surface area contributed by atoms with Gasteiger partial charge in [-0.2, -0.15) is 0 Å². The fourth-order valence-corrected chi connectivity index (χ4v) is 3.48. The van der Waals surface area contributed by atoms with Crippen LogP contribution in [-0.4, -0.2) is 21.5 Å². The lowest BCUT2D eigenvalue weighted by molar-refractivity contribution is 0.404. The Morgan fingerprint density at radius 1 is 1.24 bits per heavy atom. The maximum Gasteiger partial charge on any atom is 0.179 e. The Bertz CT molecular complexity index is 682. The second-order valence-electron chi connectivity index (χ2n) is 5.75. The maximum atomic E-state index is 4.90. The molecule has 4 nitrogen and oxygen atoms in total. The van der Waals surface area contributed by atoms with Crippen LogP contribution in [0, 0.1) is 0 Å². The Kier molecular flexibility index (Phi) is 3.47. The summed E-state index contributed by atoms with van der Waals surface area (Å²) in [4.78, 5) is 14.2. The van der Waals surface area contributed by atoms with E-state index >= 15 is 0 Å². The van der Waals surface area contributed by atoms with Gasteiger partial charge in [0.1, 0.15) is 5.69 Å². The van der Waals surface area contributed by atoms with Gasteiger partial charge in [0.25, 0.3) is 0 Å². The Morgan fingerprint density at radius 2 is 2.14 bits per heavy atom. The molecule has 21 heavy (non-hydrogen) atoms. The lowest BCUT2D eigenvalue weighted by Crippen LogP contribution is -2.28. The average Bonchev–Trinajstić information content (AvgIpc) is 2.46. The van der Waals surface area contributed by atoms with E-state index in [1.54, 1.807) is 6.20 Å². The topological polar surface area (TPSA) is 50.7 Å². The molecule has 0 aromatic carbocycles. The average molecular weight is 345 g/mol. The van der Waals surface area contributed by atoms with Crippen LogP contribution in [0.4, 0.5) is 0 Å². The van der Waals surface area contributed by atoms with E-state index in [9.17, 15) is 0 Å². The van der Waals surface area contributed by atoms with E-state index in [-0.39, 0.29) is 0 Å². The van der Waals surface area contributed by atoms with E-state index in [4.69, 9.17) is 9.97 Å². The van der Waals surface area contributed by atoms with Crippen molar-refractivity contribution in [3.8, 4) is 11.5 Å². The second-order valence-corrected chi connectivity index (χ2v) is 6.60. The van der Waals surface area contributed by atoms with Crippen LogP contribution in [0.2, 0.25) is 0 Å². The highest BCUT2D eigenvalue weighted by Crippen LogP contribution is 2.39. The minimum Gasteiger partial charge on any atom is -0.312 e. The third-order valence-corrected chi connectivity index (χ3v) is 5.07. The van der Waals surface area contributed by atoms with E-state index < -0.39 is 0 Å². The van der Waals surface area contributed by atoms with Crippen molar-refractivity contribution in [2.24, 2.45) is 0 Å². The molecule has 0 bridgehead atoms. The van der Waals surface area contributed by atoms with Crippen LogP contribution >= 0.6 is 15.9 Å². The fourth-order valence-electron chi connectivity index (χ4n) is 3.04. The van der Waals surface area contributed by atoms with Crippen LogP contribution in [-0.2, 0) is 13.0 Å². The molecular weight excluding hydrogens is 328 g/mol. The molecule has 0 amide bonds. The lowest BCUT2D eigenvalue weighted by atomic mass is 9.80. The molecule has 0 unspecified atom stereocenters. The van der Waals surface area contributed by atoms with Crippen LogP contribution in [0.15, 0.2) is 22.8 Å². The molecule has 0 saturated heterocycles. The van der Waals surface area contributed by atoms with Gasteiger partial charge >= 0.3 is 0 Å². The van der Waals surface area contributed by atoms with Gasteiger partial charge in [0.2, 0.25) is 0 Å². The Morgan fingerprint density at radius 3 is 2.90 bits per heavy atom.